The normalized spacial score (nSPS) is 12.8. The van der Waals surface area contributed by atoms with Gasteiger partial charge >= 0.3 is 0 Å². The Morgan fingerprint density at radius 2 is 2.12 bits per heavy atom. The molecule has 1 aromatic heterocycles. The van der Waals surface area contributed by atoms with Gasteiger partial charge in [0.25, 0.3) is 0 Å². The van der Waals surface area contributed by atoms with Crippen molar-refractivity contribution in [2.24, 2.45) is 0 Å². The van der Waals surface area contributed by atoms with E-state index in [0.29, 0.717) is 17.8 Å². The average molecular weight is 254 g/mol. The van der Waals surface area contributed by atoms with Crippen molar-refractivity contribution >= 4 is 23.4 Å². The first-order chi connectivity index (χ1) is 8.10. The van der Waals surface area contributed by atoms with Gasteiger partial charge in [0.2, 0.25) is 0 Å². The molecule has 0 saturated carbocycles. The summed E-state index contributed by atoms with van der Waals surface area (Å²) in [7, 11) is 0. The Hall–Kier alpha value is -0.970. The molecule has 17 heavy (non-hydrogen) atoms. The van der Waals surface area contributed by atoms with Crippen LogP contribution in [-0.2, 0) is 0 Å². The van der Waals surface area contributed by atoms with Gasteiger partial charge in [-0.1, -0.05) is 20.8 Å². The predicted octanol–water partition coefficient (Wildman–Crippen LogP) is 2.74. The summed E-state index contributed by atoms with van der Waals surface area (Å²) in [6, 6.07) is 0.428. The second kappa shape index (κ2) is 6.69. The van der Waals surface area contributed by atoms with E-state index in [0.717, 1.165) is 23.6 Å². The Bertz CT molecular complexity index is 354. The van der Waals surface area contributed by atoms with Crippen LogP contribution in [0.1, 0.15) is 38.7 Å². The van der Waals surface area contributed by atoms with Crippen molar-refractivity contribution in [1.29, 1.82) is 0 Å². The zero-order valence-electron chi connectivity index (χ0n) is 11.0. The number of aromatic nitrogens is 2. The number of nitrogens with zero attached hydrogens (tertiary/aromatic N) is 2. The highest BCUT2D eigenvalue weighted by atomic mass is 32.2. The summed E-state index contributed by atoms with van der Waals surface area (Å²) in [6.45, 7) is 6.39. The smallest absolute Gasteiger partial charge is 0.135 e. The Balaban J connectivity index is 2.93. The highest BCUT2D eigenvalue weighted by Gasteiger charge is 2.15. The second-order valence-corrected chi connectivity index (χ2v) is 5.29. The molecule has 0 spiro atoms. The van der Waals surface area contributed by atoms with Crippen LogP contribution in [-0.4, -0.2) is 28.0 Å². The van der Waals surface area contributed by atoms with E-state index in [2.05, 4.69) is 42.3 Å². The lowest BCUT2D eigenvalue weighted by Crippen LogP contribution is -2.23. The molecule has 0 fully saturated rings. The molecule has 0 aromatic carbocycles. The summed E-state index contributed by atoms with van der Waals surface area (Å²) in [5.74, 6) is 2.85. The van der Waals surface area contributed by atoms with Gasteiger partial charge in [0.1, 0.15) is 18.0 Å². The van der Waals surface area contributed by atoms with Crippen LogP contribution in [0, 0.1) is 0 Å². The van der Waals surface area contributed by atoms with E-state index in [1.54, 1.807) is 0 Å². The molecule has 0 aliphatic carbocycles. The minimum Gasteiger partial charge on any atom is -0.383 e. The third kappa shape index (κ3) is 3.77. The molecule has 0 saturated heterocycles. The summed E-state index contributed by atoms with van der Waals surface area (Å²) < 4.78 is 0. The molecule has 96 valence electrons. The van der Waals surface area contributed by atoms with Crippen LogP contribution >= 0.6 is 11.8 Å². The molecule has 3 N–H and O–H groups in total. The number of nitrogens with one attached hydrogen (secondary N) is 1. The molecule has 1 rings (SSSR count). The molecular formula is C12H22N4S. The van der Waals surface area contributed by atoms with Crippen molar-refractivity contribution in [3.63, 3.8) is 0 Å². The van der Waals surface area contributed by atoms with Crippen molar-refractivity contribution < 1.29 is 0 Å². The van der Waals surface area contributed by atoms with Gasteiger partial charge < -0.3 is 11.1 Å². The molecule has 1 aromatic rings. The van der Waals surface area contributed by atoms with Gasteiger partial charge in [0, 0.05) is 17.4 Å². The van der Waals surface area contributed by atoms with E-state index in [1.807, 2.05) is 11.8 Å². The van der Waals surface area contributed by atoms with Crippen LogP contribution in [0.4, 0.5) is 11.6 Å². The summed E-state index contributed by atoms with van der Waals surface area (Å²) in [5.41, 5.74) is 6.94. The fourth-order valence-electron chi connectivity index (χ4n) is 1.75. The number of hydrogen-bond donors (Lipinski definition) is 2. The molecule has 1 unspecified atom stereocenters. The van der Waals surface area contributed by atoms with E-state index in [1.165, 1.54) is 6.33 Å². The Morgan fingerprint density at radius 1 is 1.41 bits per heavy atom. The zero-order chi connectivity index (χ0) is 12.8. The standard InChI is InChI=1S/C12H22N4S/c1-5-9(6-17-4)16-12-10(8(2)3)11(13)14-7-15-12/h7-9H,5-6H2,1-4H3,(H3,13,14,15,16). The van der Waals surface area contributed by atoms with Crippen LogP contribution in [0.15, 0.2) is 6.33 Å². The lowest BCUT2D eigenvalue weighted by atomic mass is 10.0. The first-order valence-electron chi connectivity index (χ1n) is 5.95. The van der Waals surface area contributed by atoms with Crippen LogP contribution < -0.4 is 11.1 Å². The molecule has 5 heteroatoms. The van der Waals surface area contributed by atoms with Gasteiger partial charge in [-0.25, -0.2) is 9.97 Å². The molecule has 1 heterocycles. The first kappa shape index (κ1) is 14.1. The summed E-state index contributed by atoms with van der Waals surface area (Å²) >= 11 is 1.83. The van der Waals surface area contributed by atoms with Gasteiger partial charge in [-0.05, 0) is 18.6 Å². The first-order valence-corrected chi connectivity index (χ1v) is 7.35. The second-order valence-electron chi connectivity index (χ2n) is 4.38. The van der Waals surface area contributed by atoms with Gasteiger partial charge in [0.05, 0.1) is 0 Å². The van der Waals surface area contributed by atoms with Crippen LogP contribution in [0.25, 0.3) is 0 Å². The van der Waals surface area contributed by atoms with Crippen molar-refractivity contribution in [2.75, 3.05) is 23.1 Å². The molecular weight excluding hydrogens is 232 g/mol. The van der Waals surface area contributed by atoms with Crippen molar-refractivity contribution in [3.05, 3.63) is 11.9 Å². The summed E-state index contributed by atoms with van der Waals surface area (Å²) in [4.78, 5) is 8.38. The van der Waals surface area contributed by atoms with E-state index in [4.69, 9.17) is 5.73 Å². The zero-order valence-corrected chi connectivity index (χ0v) is 11.8. The highest BCUT2D eigenvalue weighted by Crippen LogP contribution is 2.27. The van der Waals surface area contributed by atoms with E-state index in [9.17, 15) is 0 Å². The number of thioether (sulfide) groups is 1. The maximum Gasteiger partial charge on any atom is 0.135 e. The summed E-state index contributed by atoms with van der Waals surface area (Å²) in [6.07, 6.45) is 4.71. The molecule has 1 atom stereocenters. The molecule has 4 nitrogen and oxygen atoms in total. The SMILES string of the molecule is CCC(CSC)Nc1ncnc(N)c1C(C)C. The van der Waals surface area contributed by atoms with Gasteiger partial charge in [-0.15, -0.1) is 0 Å². The highest BCUT2D eigenvalue weighted by molar-refractivity contribution is 7.98. The van der Waals surface area contributed by atoms with Gasteiger partial charge in [0.15, 0.2) is 0 Å². The van der Waals surface area contributed by atoms with Crippen molar-refractivity contribution in [1.82, 2.24) is 9.97 Å². The van der Waals surface area contributed by atoms with Crippen molar-refractivity contribution in [3.8, 4) is 0 Å². The third-order valence-corrected chi connectivity index (χ3v) is 3.43. The fraction of sp³-hybridized carbons (Fsp3) is 0.667. The molecule has 0 bridgehead atoms. The van der Waals surface area contributed by atoms with Gasteiger partial charge in [-0.2, -0.15) is 11.8 Å². The molecule has 0 aliphatic heterocycles. The Labute approximate surface area is 108 Å². The maximum atomic E-state index is 5.92. The lowest BCUT2D eigenvalue weighted by molar-refractivity contribution is 0.758. The Morgan fingerprint density at radius 3 is 2.65 bits per heavy atom. The predicted molar refractivity (Wildman–Crippen MR) is 76.6 cm³/mol. The average Bonchev–Trinajstić information content (AvgIpc) is 2.28. The number of hydrogen-bond acceptors (Lipinski definition) is 5. The molecule has 0 amide bonds. The molecule has 0 aliphatic rings. The van der Waals surface area contributed by atoms with E-state index in [-0.39, 0.29) is 0 Å². The minimum atomic E-state index is 0.325. The quantitative estimate of drug-likeness (QED) is 0.817. The lowest BCUT2D eigenvalue weighted by Gasteiger charge is -2.20. The van der Waals surface area contributed by atoms with Crippen LogP contribution in [0.2, 0.25) is 0 Å². The third-order valence-electron chi connectivity index (χ3n) is 2.69. The summed E-state index contributed by atoms with van der Waals surface area (Å²) in [5, 5.41) is 3.47. The maximum absolute atomic E-state index is 5.92. The fourth-order valence-corrected chi connectivity index (χ4v) is 2.47. The number of nitrogen functional groups attached to an aromatic ring is 1. The Kier molecular flexibility index (Phi) is 5.55. The monoisotopic (exact) mass is 254 g/mol. The van der Waals surface area contributed by atoms with Crippen LogP contribution in [0.5, 0.6) is 0 Å². The minimum absolute atomic E-state index is 0.325. The van der Waals surface area contributed by atoms with Crippen molar-refractivity contribution in [2.45, 2.75) is 39.2 Å². The largest absolute Gasteiger partial charge is 0.383 e. The number of nitrogens with two attached hydrogens (primary N) is 1. The van der Waals surface area contributed by atoms with Crippen LogP contribution in [0.3, 0.4) is 0 Å². The van der Waals surface area contributed by atoms with Gasteiger partial charge in [-0.3, -0.25) is 0 Å². The molecule has 0 radical (unpaired) electrons. The van der Waals surface area contributed by atoms with E-state index < -0.39 is 0 Å². The number of anilines is 2. The van der Waals surface area contributed by atoms with E-state index >= 15 is 0 Å². The topological polar surface area (TPSA) is 63.8 Å². The number of rotatable bonds is 6.